The first-order chi connectivity index (χ1) is 8.02. The van der Waals surface area contributed by atoms with Crippen molar-refractivity contribution in [1.29, 1.82) is 0 Å². The highest BCUT2D eigenvalue weighted by atomic mass is 32.1. The summed E-state index contributed by atoms with van der Waals surface area (Å²) in [5.41, 5.74) is -0.394. The Morgan fingerprint density at radius 2 is 2.00 bits per heavy atom. The lowest BCUT2D eigenvalue weighted by molar-refractivity contribution is -0.130. The van der Waals surface area contributed by atoms with Crippen LogP contribution in [-0.2, 0) is 4.79 Å². The van der Waals surface area contributed by atoms with E-state index < -0.39 is 10.7 Å². The highest BCUT2D eigenvalue weighted by Gasteiger charge is 2.39. The highest BCUT2D eigenvalue weighted by molar-refractivity contribution is 7.96. The number of hydrogen-bond acceptors (Lipinski definition) is 2. The Kier molecular flexibility index (Phi) is 5.22. The van der Waals surface area contributed by atoms with Gasteiger partial charge >= 0.3 is 0 Å². The molecule has 94 valence electrons. The van der Waals surface area contributed by atoms with Gasteiger partial charge in [0.1, 0.15) is 5.60 Å². The molecule has 0 amide bonds. The molecule has 0 bridgehead atoms. The van der Waals surface area contributed by atoms with Crippen LogP contribution < -0.4 is 0 Å². The Balaban J connectivity index is 2.95. The van der Waals surface area contributed by atoms with Crippen molar-refractivity contribution < 1.29 is 9.90 Å². The molecule has 0 aliphatic rings. The quantitative estimate of drug-likeness (QED) is 0.763. The van der Waals surface area contributed by atoms with E-state index >= 15 is 0 Å². The third kappa shape index (κ3) is 3.33. The van der Waals surface area contributed by atoms with Gasteiger partial charge in [0.05, 0.1) is 0 Å². The second kappa shape index (κ2) is 6.22. The fourth-order valence-corrected chi connectivity index (χ4v) is 2.28. The molecule has 0 fully saturated rings. The molecule has 0 unspecified atom stereocenters. The van der Waals surface area contributed by atoms with Crippen molar-refractivity contribution in [2.24, 2.45) is 0 Å². The number of aliphatic hydroxyl groups is 1. The molecular weight excluding hydrogens is 232 g/mol. The van der Waals surface area contributed by atoms with Crippen LogP contribution in [0.3, 0.4) is 0 Å². The van der Waals surface area contributed by atoms with E-state index in [4.69, 9.17) is 0 Å². The Labute approximate surface area is 108 Å². The summed E-state index contributed by atoms with van der Waals surface area (Å²) in [5.74, 6) is -0.236. The Morgan fingerprint density at radius 1 is 1.41 bits per heavy atom. The number of carbonyl (C=O) groups excluding carboxylic acids is 1. The van der Waals surface area contributed by atoms with E-state index in [1.165, 1.54) is 0 Å². The first-order valence-corrected chi connectivity index (χ1v) is 6.47. The summed E-state index contributed by atoms with van der Waals surface area (Å²) in [6.07, 6.45) is 2.23. The van der Waals surface area contributed by atoms with Crippen LogP contribution in [0.4, 0.5) is 0 Å². The summed E-state index contributed by atoms with van der Waals surface area (Å²) in [5, 5.41) is 10.1. The molecule has 3 heteroatoms. The van der Waals surface area contributed by atoms with Gasteiger partial charge in [-0.15, -0.1) is 12.6 Å². The first kappa shape index (κ1) is 14.3. The molecule has 0 radical (unpaired) electrons. The van der Waals surface area contributed by atoms with Crippen molar-refractivity contribution >= 4 is 17.7 Å². The van der Waals surface area contributed by atoms with E-state index in [2.05, 4.69) is 12.6 Å². The maximum Gasteiger partial charge on any atom is 0.218 e. The van der Waals surface area contributed by atoms with Crippen molar-refractivity contribution in [2.75, 3.05) is 0 Å². The zero-order chi connectivity index (χ0) is 12.9. The molecule has 2 atom stereocenters. The maximum absolute atomic E-state index is 11.6. The third-order valence-electron chi connectivity index (χ3n) is 3.30. The summed E-state index contributed by atoms with van der Waals surface area (Å²) >= 11 is 3.85. The van der Waals surface area contributed by atoms with E-state index in [1.54, 1.807) is 0 Å². The molecular formula is C14H20O2S. The topological polar surface area (TPSA) is 37.3 Å². The molecule has 1 aromatic carbocycles. The van der Waals surface area contributed by atoms with Crippen molar-refractivity contribution in [3.63, 3.8) is 0 Å². The number of thiol groups is 1. The first-order valence-electron chi connectivity index (χ1n) is 6.03. The molecule has 0 saturated heterocycles. The van der Waals surface area contributed by atoms with Crippen molar-refractivity contribution in [3.8, 4) is 0 Å². The molecule has 0 saturated carbocycles. The lowest BCUT2D eigenvalue weighted by Crippen LogP contribution is -2.41. The maximum atomic E-state index is 11.6. The predicted molar refractivity (Wildman–Crippen MR) is 73.3 cm³/mol. The van der Waals surface area contributed by atoms with E-state index in [1.807, 2.05) is 44.2 Å². The average molecular weight is 252 g/mol. The minimum atomic E-state index is -1.36. The van der Waals surface area contributed by atoms with Crippen LogP contribution in [0.2, 0.25) is 0 Å². The van der Waals surface area contributed by atoms with Gasteiger partial charge in [-0.1, -0.05) is 57.0 Å². The summed E-state index contributed by atoms with van der Waals surface area (Å²) in [6, 6.07) is 9.60. The summed E-state index contributed by atoms with van der Waals surface area (Å²) in [4.78, 5) is 11.6. The van der Waals surface area contributed by atoms with Crippen LogP contribution in [-0.4, -0.2) is 15.8 Å². The van der Waals surface area contributed by atoms with Gasteiger partial charge in [-0.2, -0.15) is 0 Å². The zero-order valence-electron chi connectivity index (χ0n) is 10.4. The van der Waals surface area contributed by atoms with E-state index in [-0.39, 0.29) is 5.92 Å². The molecule has 0 aliphatic carbocycles. The second-order valence-electron chi connectivity index (χ2n) is 4.47. The van der Waals surface area contributed by atoms with Crippen molar-refractivity contribution in [3.05, 3.63) is 35.9 Å². The van der Waals surface area contributed by atoms with E-state index in [9.17, 15) is 9.90 Å². The van der Waals surface area contributed by atoms with Gasteiger partial charge in [0, 0.05) is 5.92 Å². The molecule has 1 N–H and O–H groups in total. The van der Waals surface area contributed by atoms with Gasteiger partial charge in [-0.3, -0.25) is 4.79 Å². The van der Waals surface area contributed by atoms with E-state index in [0.29, 0.717) is 6.42 Å². The van der Waals surface area contributed by atoms with Gasteiger partial charge in [0.15, 0.2) is 0 Å². The summed E-state index contributed by atoms with van der Waals surface area (Å²) in [6.45, 7) is 3.91. The minimum Gasteiger partial charge on any atom is -0.380 e. The second-order valence-corrected chi connectivity index (χ2v) is 4.87. The normalized spacial score (nSPS) is 16.2. The Morgan fingerprint density at radius 3 is 2.47 bits per heavy atom. The van der Waals surface area contributed by atoms with Crippen LogP contribution in [0.25, 0.3) is 0 Å². The molecule has 2 nitrogen and oxygen atoms in total. The summed E-state index contributed by atoms with van der Waals surface area (Å²) < 4.78 is 0. The van der Waals surface area contributed by atoms with Gasteiger partial charge in [-0.05, 0) is 12.0 Å². The van der Waals surface area contributed by atoms with Gasteiger partial charge < -0.3 is 5.11 Å². The summed E-state index contributed by atoms with van der Waals surface area (Å²) in [7, 11) is 0. The monoisotopic (exact) mass is 252 g/mol. The molecule has 1 aromatic rings. The Hall–Kier alpha value is -0.800. The average Bonchev–Trinajstić information content (AvgIpc) is 2.35. The number of unbranched alkanes of at least 4 members (excludes halogenated alkanes) is 1. The molecule has 0 spiro atoms. The number of carbonyl (C=O) groups is 1. The molecule has 0 aliphatic heterocycles. The van der Waals surface area contributed by atoms with Crippen LogP contribution in [0.1, 0.15) is 44.6 Å². The SMILES string of the molecule is CCCC[C@@](O)(C(=O)S)[C@@H](C)c1ccccc1. The predicted octanol–water partition coefficient (Wildman–Crippen LogP) is 3.17. The standard InChI is InChI=1S/C14H20O2S/c1-3-4-10-14(16,13(15)17)11(2)12-8-6-5-7-9-12/h5-9,11,16H,3-4,10H2,1-2H3,(H,15,17)/t11-,14-/m0/s1. The lowest BCUT2D eigenvalue weighted by Gasteiger charge is -2.31. The van der Waals surface area contributed by atoms with Gasteiger partial charge in [0.25, 0.3) is 0 Å². The van der Waals surface area contributed by atoms with Crippen LogP contribution in [0.5, 0.6) is 0 Å². The Bertz CT molecular complexity index is 364. The number of hydrogen-bond donors (Lipinski definition) is 2. The largest absolute Gasteiger partial charge is 0.380 e. The fraction of sp³-hybridized carbons (Fsp3) is 0.500. The van der Waals surface area contributed by atoms with Crippen LogP contribution >= 0.6 is 12.6 Å². The number of rotatable bonds is 6. The van der Waals surface area contributed by atoms with Crippen LogP contribution in [0.15, 0.2) is 30.3 Å². The molecule has 0 heterocycles. The van der Waals surface area contributed by atoms with E-state index in [0.717, 1.165) is 18.4 Å². The molecule has 1 rings (SSSR count). The smallest absolute Gasteiger partial charge is 0.218 e. The zero-order valence-corrected chi connectivity index (χ0v) is 11.3. The fourth-order valence-electron chi connectivity index (χ4n) is 1.97. The molecule has 0 aromatic heterocycles. The van der Waals surface area contributed by atoms with Crippen molar-refractivity contribution in [2.45, 2.75) is 44.6 Å². The number of benzene rings is 1. The molecule has 17 heavy (non-hydrogen) atoms. The third-order valence-corrected chi connectivity index (χ3v) is 3.68. The highest BCUT2D eigenvalue weighted by Crippen LogP contribution is 2.34. The van der Waals surface area contributed by atoms with Gasteiger partial charge in [0.2, 0.25) is 5.12 Å². The van der Waals surface area contributed by atoms with Gasteiger partial charge in [-0.25, -0.2) is 0 Å². The van der Waals surface area contributed by atoms with Crippen molar-refractivity contribution in [1.82, 2.24) is 0 Å². The van der Waals surface area contributed by atoms with Crippen LogP contribution in [0, 0.1) is 0 Å². The lowest BCUT2D eigenvalue weighted by atomic mass is 9.81. The minimum absolute atomic E-state index is 0.236.